The number of nitrogens with zero attached hydrogens (tertiary/aromatic N) is 4. The fourth-order valence-electron chi connectivity index (χ4n) is 8.99. The van der Waals surface area contributed by atoms with Crippen LogP contribution in [0.4, 0.5) is 28.4 Å². The van der Waals surface area contributed by atoms with Crippen molar-refractivity contribution in [1.29, 1.82) is 10.5 Å². The van der Waals surface area contributed by atoms with E-state index in [2.05, 4.69) is 181 Å². The molecule has 0 aromatic heterocycles. The molecule has 64 heavy (non-hydrogen) atoms. The lowest BCUT2D eigenvalue weighted by Gasteiger charge is -2.28. The first-order valence-electron chi connectivity index (χ1n) is 21.2. The van der Waals surface area contributed by atoms with Gasteiger partial charge in [-0.25, -0.2) is 0 Å². The zero-order valence-corrected chi connectivity index (χ0v) is 35.0. The molecule has 300 valence electrons. The van der Waals surface area contributed by atoms with Gasteiger partial charge in [0.05, 0.1) is 23.3 Å². The first-order chi connectivity index (χ1) is 31.5. The van der Waals surface area contributed by atoms with E-state index in [1.807, 2.05) is 66.7 Å². The summed E-state index contributed by atoms with van der Waals surface area (Å²) in [6.45, 7) is 8.24. The van der Waals surface area contributed by atoms with E-state index in [0.717, 1.165) is 88.7 Å². The van der Waals surface area contributed by atoms with Crippen LogP contribution in [0.3, 0.4) is 0 Å². The second kappa shape index (κ2) is 16.8. The Labute approximate surface area is 373 Å². The molecule has 0 saturated carbocycles. The monoisotopic (exact) mass is 816 g/mol. The van der Waals surface area contributed by atoms with Crippen molar-refractivity contribution in [2.75, 3.05) is 9.80 Å². The largest absolute Gasteiger partial charge is 0.311 e. The van der Waals surface area contributed by atoms with Gasteiger partial charge in [-0.2, -0.15) is 10.5 Å². The van der Waals surface area contributed by atoms with Gasteiger partial charge < -0.3 is 9.80 Å². The lowest BCUT2D eigenvalue weighted by Crippen LogP contribution is -2.15. The van der Waals surface area contributed by atoms with Crippen LogP contribution >= 0.6 is 0 Å². The number of hydrogen-bond donors (Lipinski definition) is 0. The number of anilines is 5. The number of hydrogen-bond acceptors (Lipinski definition) is 4. The molecule has 0 fully saturated rings. The smallest absolute Gasteiger partial charge is 0.0991 e. The zero-order chi connectivity index (χ0) is 43.6. The van der Waals surface area contributed by atoms with Crippen molar-refractivity contribution in [2.24, 2.45) is 0 Å². The number of para-hydroxylation sites is 1. The van der Waals surface area contributed by atoms with Crippen LogP contribution in [-0.4, -0.2) is 0 Å². The summed E-state index contributed by atoms with van der Waals surface area (Å²) in [6, 6.07) is 74.4. The Balaban J connectivity index is 1.33. The van der Waals surface area contributed by atoms with Crippen molar-refractivity contribution in [3.05, 3.63) is 248 Å². The van der Waals surface area contributed by atoms with Gasteiger partial charge in [0.1, 0.15) is 0 Å². The maximum Gasteiger partial charge on any atom is 0.0991 e. The van der Waals surface area contributed by atoms with E-state index >= 15 is 0 Å². The van der Waals surface area contributed by atoms with Crippen LogP contribution in [0, 0.1) is 22.7 Å². The van der Waals surface area contributed by atoms with Crippen molar-refractivity contribution in [2.45, 2.75) is 0 Å². The fraction of sp³-hybridized carbons (Fsp3) is 0. The van der Waals surface area contributed by atoms with Crippen LogP contribution in [0.5, 0.6) is 0 Å². The summed E-state index contributed by atoms with van der Waals surface area (Å²) in [5.74, 6) is 0. The first-order valence-corrected chi connectivity index (χ1v) is 21.2. The molecule has 4 nitrogen and oxygen atoms in total. The molecule has 0 aliphatic rings. The topological polar surface area (TPSA) is 54.1 Å². The van der Waals surface area contributed by atoms with Gasteiger partial charge in [-0.05, 0) is 175 Å². The molecule has 10 aromatic rings. The van der Waals surface area contributed by atoms with E-state index in [1.165, 1.54) is 10.8 Å². The Morgan fingerprint density at radius 3 is 1.38 bits per heavy atom. The summed E-state index contributed by atoms with van der Waals surface area (Å²) >= 11 is 0. The SMILES string of the molecule is C=C/C=C(\C=C)N(c1ccc(C#N)cc1)c1ccc2c(-c3ccc4ccccc4c3)c3cc(N(c4ccccc4)c4ccc(C#N)cc4)ccc3c(-c3ccc4ccccc4c3)c2c1. The number of rotatable bonds is 10. The maximum atomic E-state index is 9.69. The predicted molar refractivity (Wildman–Crippen MR) is 269 cm³/mol. The third-order valence-corrected chi connectivity index (χ3v) is 12.0. The molecule has 10 aromatic carbocycles. The third kappa shape index (κ3) is 7.12. The molecule has 0 amide bonds. The van der Waals surface area contributed by atoms with Gasteiger partial charge in [0.15, 0.2) is 0 Å². The summed E-state index contributed by atoms with van der Waals surface area (Å²) in [5, 5.41) is 28.4. The van der Waals surface area contributed by atoms with Crippen molar-refractivity contribution in [3.63, 3.8) is 0 Å². The molecule has 10 rings (SSSR count). The van der Waals surface area contributed by atoms with E-state index in [4.69, 9.17) is 0 Å². The highest BCUT2D eigenvalue weighted by Gasteiger charge is 2.23. The third-order valence-electron chi connectivity index (χ3n) is 12.0. The molecule has 0 aliphatic heterocycles. The minimum Gasteiger partial charge on any atom is -0.311 e. The molecule has 0 bridgehead atoms. The highest BCUT2D eigenvalue weighted by atomic mass is 15.1. The predicted octanol–water partition coefficient (Wildman–Crippen LogP) is 16.2. The Kier molecular flexibility index (Phi) is 10.3. The van der Waals surface area contributed by atoms with Crippen LogP contribution in [0.15, 0.2) is 237 Å². The molecule has 0 aliphatic carbocycles. The van der Waals surface area contributed by atoms with Crippen molar-refractivity contribution in [1.82, 2.24) is 0 Å². The van der Waals surface area contributed by atoms with Gasteiger partial charge in [-0.3, -0.25) is 0 Å². The molecule has 0 heterocycles. The van der Waals surface area contributed by atoms with Crippen LogP contribution in [-0.2, 0) is 0 Å². The second-order valence-corrected chi connectivity index (χ2v) is 15.7. The quantitative estimate of drug-likeness (QED) is 0.102. The van der Waals surface area contributed by atoms with Gasteiger partial charge >= 0.3 is 0 Å². The average molecular weight is 817 g/mol. The lowest BCUT2D eigenvalue weighted by molar-refractivity contribution is 1.21. The number of benzene rings is 10. The average Bonchev–Trinajstić information content (AvgIpc) is 3.36. The first kappa shape index (κ1) is 39.2. The van der Waals surface area contributed by atoms with E-state index < -0.39 is 0 Å². The highest BCUT2D eigenvalue weighted by Crippen LogP contribution is 2.48. The summed E-state index contributed by atoms with van der Waals surface area (Å²) in [5.41, 5.74) is 11.3. The second-order valence-electron chi connectivity index (χ2n) is 15.7. The molecule has 0 radical (unpaired) electrons. The van der Waals surface area contributed by atoms with Gasteiger partial charge in [-0.1, -0.05) is 122 Å². The van der Waals surface area contributed by atoms with Gasteiger partial charge in [0.25, 0.3) is 0 Å². The standard InChI is InChI=1S/C60H40N4/c1-3-12-49(4-2)63(51-27-19-41(39-61)20-28-51)53-31-33-55-57(37-53)59(47-25-23-43-13-8-10-15-45(43)35-47)56-34-32-54(38-58(56)60(55)48-26-24-44-14-9-11-16-46(44)36-48)64(50-17-6-5-7-18-50)52-29-21-42(40-62)22-30-52/h3-38H,1-2H2/b49-12+. The van der Waals surface area contributed by atoms with Crippen LogP contribution in [0.1, 0.15) is 11.1 Å². The summed E-state index contributed by atoms with van der Waals surface area (Å²) in [4.78, 5) is 4.42. The molecule has 4 heteroatoms. The van der Waals surface area contributed by atoms with Crippen LogP contribution in [0.25, 0.3) is 65.3 Å². The van der Waals surface area contributed by atoms with Crippen molar-refractivity contribution >= 4 is 71.5 Å². The van der Waals surface area contributed by atoms with Crippen LogP contribution < -0.4 is 9.80 Å². The number of nitriles is 2. The van der Waals surface area contributed by atoms with Gasteiger partial charge in [-0.15, -0.1) is 0 Å². The van der Waals surface area contributed by atoms with E-state index in [9.17, 15) is 10.5 Å². The molecule has 0 spiro atoms. The zero-order valence-electron chi connectivity index (χ0n) is 35.0. The van der Waals surface area contributed by atoms with E-state index in [1.54, 1.807) is 6.08 Å². The number of fused-ring (bicyclic) bond motifs is 4. The molecule has 0 unspecified atom stereocenters. The summed E-state index contributed by atoms with van der Waals surface area (Å²) in [7, 11) is 0. The van der Waals surface area contributed by atoms with Gasteiger partial charge in [0, 0.05) is 34.1 Å². The molecular weight excluding hydrogens is 777 g/mol. The minimum absolute atomic E-state index is 0.588. The Morgan fingerprint density at radius 2 is 0.859 bits per heavy atom. The van der Waals surface area contributed by atoms with Gasteiger partial charge in [0.2, 0.25) is 0 Å². The Hall–Kier alpha value is -8.96. The summed E-state index contributed by atoms with van der Waals surface area (Å²) in [6.07, 6.45) is 5.56. The van der Waals surface area contributed by atoms with E-state index in [0.29, 0.717) is 11.1 Å². The van der Waals surface area contributed by atoms with Crippen molar-refractivity contribution in [3.8, 4) is 34.4 Å². The Bertz CT molecular complexity index is 3550. The number of allylic oxidation sites excluding steroid dienone is 3. The Morgan fingerprint density at radius 1 is 0.406 bits per heavy atom. The lowest BCUT2D eigenvalue weighted by atomic mass is 9.84. The summed E-state index contributed by atoms with van der Waals surface area (Å²) < 4.78 is 0. The molecule has 0 atom stereocenters. The molecule has 0 N–H and O–H groups in total. The minimum atomic E-state index is 0.588. The normalized spacial score (nSPS) is 11.3. The molecular formula is C60H40N4. The van der Waals surface area contributed by atoms with E-state index in [-0.39, 0.29) is 0 Å². The molecule has 0 saturated heterocycles. The fourth-order valence-corrected chi connectivity index (χ4v) is 8.99. The van der Waals surface area contributed by atoms with Crippen molar-refractivity contribution < 1.29 is 0 Å². The van der Waals surface area contributed by atoms with Crippen LogP contribution in [0.2, 0.25) is 0 Å². The highest BCUT2D eigenvalue weighted by molar-refractivity contribution is 6.23. The maximum absolute atomic E-state index is 9.69.